The summed E-state index contributed by atoms with van der Waals surface area (Å²) in [6.07, 6.45) is 1.29. The van der Waals surface area contributed by atoms with Crippen LogP contribution in [-0.4, -0.2) is 38.9 Å². The zero-order valence-electron chi connectivity index (χ0n) is 10.6. The molecule has 2 rings (SSSR count). The van der Waals surface area contributed by atoms with Gasteiger partial charge in [0.05, 0.1) is 6.54 Å². The van der Waals surface area contributed by atoms with E-state index >= 15 is 0 Å². The summed E-state index contributed by atoms with van der Waals surface area (Å²) in [6.45, 7) is 1.05. The largest absolute Gasteiger partial charge is 0.447 e. The van der Waals surface area contributed by atoms with E-state index in [0.717, 1.165) is 6.42 Å². The Balaban J connectivity index is 1.89. The zero-order chi connectivity index (χ0) is 14.0. The Morgan fingerprint density at radius 1 is 1.53 bits per heavy atom. The number of primary sulfonamides is 1. The number of sulfonamides is 1. The van der Waals surface area contributed by atoms with E-state index in [2.05, 4.69) is 5.32 Å². The molecule has 1 aromatic rings. The highest BCUT2D eigenvalue weighted by atomic mass is 32.2. The molecule has 1 atom stereocenters. The maximum atomic E-state index is 11.3. The number of likely N-dealkylation sites (tertiary alicyclic amines) is 1. The molecular formula is C11H17N3O4S. The molecule has 3 N–H and O–H groups in total. The van der Waals surface area contributed by atoms with E-state index in [-0.39, 0.29) is 17.0 Å². The molecular weight excluding hydrogens is 270 g/mol. The van der Waals surface area contributed by atoms with Crippen molar-refractivity contribution in [1.82, 2.24) is 10.2 Å². The zero-order valence-corrected chi connectivity index (χ0v) is 11.4. The second-order valence-corrected chi connectivity index (χ2v) is 6.15. The van der Waals surface area contributed by atoms with Crippen molar-refractivity contribution in [2.75, 3.05) is 13.6 Å². The lowest BCUT2D eigenvalue weighted by molar-refractivity contribution is -0.132. The van der Waals surface area contributed by atoms with Crippen molar-refractivity contribution in [2.24, 2.45) is 5.14 Å². The van der Waals surface area contributed by atoms with Gasteiger partial charge in [-0.1, -0.05) is 0 Å². The van der Waals surface area contributed by atoms with Gasteiger partial charge >= 0.3 is 0 Å². The minimum atomic E-state index is -3.79. The van der Waals surface area contributed by atoms with Crippen LogP contribution >= 0.6 is 0 Å². The maximum absolute atomic E-state index is 11.3. The average Bonchev–Trinajstić information content (AvgIpc) is 2.79. The number of piperidine rings is 1. The molecule has 19 heavy (non-hydrogen) atoms. The lowest BCUT2D eigenvalue weighted by atomic mass is 10.1. The maximum Gasteiger partial charge on any atom is 0.271 e. The summed E-state index contributed by atoms with van der Waals surface area (Å²) < 4.78 is 27.2. The Morgan fingerprint density at radius 3 is 2.84 bits per heavy atom. The van der Waals surface area contributed by atoms with Crippen LogP contribution in [0.1, 0.15) is 18.6 Å². The van der Waals surface area contributed by atoms with E-state index in [9.17, 15) is 13.2 Å². The van der Waals surface area contributed by atoms with Crippen LogP contribution in [0.2, 0.25) is 0 Å². The van der Waals surface area contributed by atoms with Crippen molar-refractivity contribution in [3.05, 3.63) is 17.9 Å². The number of hydrogen-bond donors (Lipinski definition) is 2. The van der Waals surface area contributed by atoms with Gasteiger partial charge in [0.25, 0.3) is 10.0 Å². The molecule has 0 saturated carbocycles. The fourth-order valence-corrected chi connectivity index (χ4v) is 2.51. The topological polar surface area (TPSA) is 106 Å². The highest BCUT2D eigenvalue weighted by molar-refractivity contribution is 7.89. The van der Waals surface area contributed by atoms with Gasteiger partial charge < -0.3 is 14.6 Å². The SMILES string of the molecule is CN1CC(NCc2ccc(S(N)(=O)=O)o2)CCC1=O. The number of carbonyl (C=O) groups is 1. The van der Waals surface area contributed by atoms with Crippen molar-refractivity contribution in [3.63, 3.8) is 0 Å². The number of furan rings is 1. The van der Waals surface area contributed by atoms with E-state index in [0.29, 0.717) is 25.3 Å². The molecule has 0 aliphatic carbocycles. The molecule has 0 radical (unpaired) electrons. The quantitative estimate of drug-likeness (QED) is 0.786. The van der Waals surface area contributed by atoms with Gasteiger partial charge in [0.1, 0.15) is 5.76 Å². The van der Waals surface area contributed by atoms with Crippen LogP contribution < -0.4 is 10.5 Å². The van der Waals surface area contributed by atoms with Gasteiger partial charge in [0.2, 0.25) is 11.0 Å². The Morgan fingerprint density at radius 2 is 2.26 bits per heavy atom. The summed E-state index contributed by atoms with van der Waals surface area (Å²) in [4.78, 5) is 13.0. The number of nitrogens with one attached hydrogen (secondary N) is 1. The molecule has 1 amide bonds. The molecule has 2 heterocycles. The number of nitrogens with zero attached hydrogens (tertiary/aromatic N) is 1. The summed E-state index contributed by atoms with van der Waals surface area (Å²) >= 11 is 0. The van der Waals surface area contributed by atoms with Gasteiger partial charge in [0, 0.05) is 26.1 Å². The highest BCUT2D eigenvalue weighted by Crippen LogP contribution is 2.14. The van der Waals surface area contributed by atoms with Crippen LogP contribution in [0, 0.1) is 0 Å². The third-order valence-corrected chi connectivity index (χ3v) is 3.89. The molecule has 1 aliphatic rings. The molecule has 0 spiro atoms. The van der Waals surface area contributed by atoms with Crippen molar-refractivity contribution in [1.29, 1.82) is 0 Å². The van der Waals surface area contributed by atoms with Crippen molar-refractivity contribution in [3.8, 4) is 0 Å². The third kappa shape index (κ3) is 3.55. The Kier molecular flexibility index (Phi) is 3.93. The molecule has 8 heteroatoms. The molecule has 0 aromatic carbocycles. The predicted octanol–water partition coefficient (Wildman–Crippen LogP) is -0.363. The minimum absolute atomic E-state index is 0.146. The second kappa shape index (κ2) is 5.32. The molecule has 1 unspecified atom stereocenters. The van der Waals surface area contributed by atoms with Crippen LogP contribution in [0.5, 0.6) is 0 Å². The second-order valence-electron chi connectivity index (χ2n) is 4.66. The monoisotopic (exact) mass is 287 g/mol. The molecule has 106 valence electrons. The minimum Gasteiger partial charge on any atom is -0.447 e. The molecule has 0 bridgehead atoms. The normalized spacial score (nSPS) is 20.8. The van der Waals surface area contributed by atoms with Gasteiger partial charge in [-0.25, -0.2) is 13.6 Å². The van der Waals surface area contributed by atoms with E-state index in [1.165, 1.54) is 6.07 Å². The number of carbonyl (C=O) groups excluding carboxylic acids is 1. The standard InChI is InChI=1S/C11H17N3O4S/c1-14-7-8(2-4-10(14)15)13-6-9-3-5-11(18-9)19(12,16)17/h3,5,8,13H,2,4,6-7H2,1H3,(H2,12,16,17). The molecule has 1 aromatic heterocycles. The van der Waals surface area contributed by atoms with Crippen LogP contribution in [-0.2, 0) is 21.4 Å². The Labute approximate surface area is 111 Å². The lowest BCUT2D eigenvalue weighted by Gasteiger charge is -2.30. The van der Waals surface area contributed by atoms with Crippen LogP contribution in [0.3, 0.4) is 0 Å². The summed E-state index contributed by atoms with van der Waals surface area (Å²) in [5.41, 5.74) is 0. The van der Waals surface area contributed by atoms with E-state index in [4.69, 9.17) is 9.56 Å². The fourth-order valence-electron chi connectivity index (χ4n) is 2.03. The van der Waals surface area contributed by atoms with Crippen molar-refractivity contribution >= 4 is 15.9 Å². The third-order valence-electron chi connectivity index (χ3n) is 3.11. The molecule has 1 aliphatic heterocycles. The van der Waals surface area contributed by atoms with Gasteiger partial charge in [-0.15, -0.1) is 0 Å². The number of rotatable bonds is 4. The summed E-state index contributed by atoms with van der Waals surface area (Å²) in [5.74, 6) is 0.649. The van der Waals surface area contributed by atoms with Crippen molar-refractivity contribution in [2.45, 2.75) is 30.5 Å². The van der Waals surface area contributed by atoms with Crippen LogP contribution in [0.15, 0.2) is 21.6 Å². The first-order chi connectivity index (χ1) is 8.86. The van der Waals surface area contributed by atoms with Crippen molar-refractivity contribution < 1.29 is 17.6 Å². The fraction of sp³-hybridized carbons (Fsp3) is 0.545. The molecule has 7 nitrogen and oxygen atoms in total. The van der Waals surface area contributed by atoms with Gasteiger partial charge in [-0.05, 0) is 18.6 Å². The average molecular weight is 287 g/mol. The summed E-state index contributed by atoms with van der Waals surface area (Å²) in [6, 6.07) is 3.10. The smallest absolute Gasteiger partial charge is 0.271 e. The van der Waals surface area contributed by atoms with Gasteiger partial charge in [-0.3, -0.25) is 4.79 Å². The number of amides is 1. The van der Waals surface area contributed by atoms with E-state index in [1.807, 2.05) is 0 Å². The Bertz CT molecular complexity index is 566. The lowest BCUT2D eigenvalue weighted by Crippen LogP contribution is -2.46. The molecule has 1 fully saturated rings. The highest BCUT2D eigenvalue weighted by Gasteiger charge is 2.22. The summed E-state index contributed by atoms with van der Waals surface area (Å²) in [5, 5.41) is 7.95. The number of nitrogens with two attached hydrogens (primary N) is 1. The Hall–Kier alpha value is -1.38. The van der Waals surface area contributed by atoms with Crippen LogP contribution in [0.25, 0.3) is 0 Å². The van der Waals surface area contributed by atoms with Gasteiger partial charge in [0.15, 0.2) is 0 Å². The first-order valence-corrected chi connectivity index (χ1v) is 7.50. The van der Waals surface area contributed by atoms with E-state index in [1.54, 1.807) is 18.0 Å². The first-order valence-electron chi connectivity index (χ1n) is 5.95. The molecule has 1 saturated heterocycles. The van der Waals surface area contributed by atoms with Gasteiger partial charge in [-0.2, -0.15) is 0 Å². The first kappa shape index (κ1) is 14.0. The number of likely N-dealkylation sites (N-methyl/N-ethyl adjacent to an activating group) is 1. The van der Waals surface area contributed by atoms with Crippen LogP contribution in [0.4, 0.5) is 0 Å². The predicted molar refractivity (Wildman–Crippen MR) is 67.6 cm³/mol. The van der Waals surface area contributed by atoms with E-state index < -0.39 is 10.0 Å². The summed E-state index contributed by atoms with van der Waals surface area (Å²) in [7, 11) is -2.02. The number of hydrogen-bond acceptors (Lipinski definition) is 5.